The first-order chi connectivity index (χ1) is 9.86. The fraction of sp³-hybridized carbons (Fsp3) is 0.375. The Balaban J connectivity index is 1.91. The van der Waals surface area contributed by atoms with Crippen molar-refractivity contribution in [2.45, 2.75) is 25.3 Å². The Hall–Kier alpha value is -2.12. The van der Waals surface area contributed by atoms with E-state index in [1.807, 2.05) is 30.3 Å². The Morgan fingerprint density at radius 1 is 1.25 bits per heavy atom. The van der Waals surface area contributed by atoms with Gasteiger partial charge in [0, 0.05) is 11.4 Å². The fourth-order valence-corrected chi connectivity index (χ4v) is 2.67. The van der Waals surface area contributed by atoms with E-state index >= 15 is 0 Å². The Morgan fingerprint density at radius 3 is 3.05 bits per heavy atom. The molecule has 1 atom stereocenters. The van der Waals surface area contributed by atoms with E-state index in [1.165, 1.54) is 0 Å². The number of rotatable bonds is 2. The summed E-state index contributed by atoms with van der Waals surface area (Å²) in [4.78, 5) is 4.62. The molecule has 102 valence electrons. The van der Waals surface area contributed by atoms with E-state index in [0.717, 1.165) is 49.1 Å². The molecule has 0 saturated carbocycles. The van der Waals surface area contributed by atoms with E-state index in [0.29, 0.717) is 11.6 Å². The van der Waals surface area contributed by atoms with E-state index in [1.54, 1.807) is 0 Å². The third-order valence-corrected chi connectivity index (χ3v) is 3.76. The maximum absolute atomic E-state index is 9.32. The third-order valence-electron chi connectivity index (χ3n) is 3.76. The first-order valence-electron chi connectivity index (χ1n) is 7.14. The average Bonchev–Trinajstić information content (AvgIpc) is 2.75. The number of nitrogens with one attached hydrogen (secondary N) is 2. The minimum absolute atomic E-state index is 0.394. The molecule has 0 radical (unpaired) electrons. The molecule has 2 aromatic rings. The zero-order valence-corrected chi connectivity index (χ0v) is 11.4. The topological polar surface area (TPSA) is 60.7 Å². The highest BCUT2D eigenvalue weighted by Gasteiger charge is 2.14. The molecule has 1 aliphatic heterocycles. The predicted molar refractivity (Wildman–Crippen MR) is 80.6 cm³/mol. The summed E-state index contributed by atoms with van der Waals surface area (Å²) in [5, 5.41) is 17.2. The van der Waals surface area contributed by atoms with Gasteiger partial charge in [-0.2, -0.15) is 5.26 Å². The van der Waals surface area contributed by atoms with Crippen molar-refractivity contribution in [3.8, 4) is 6.07 Å². The van der Waals surface area contributed by atoms with Crippen LogP contribution in [0.4, 0.5) is 5.82 Å². The highest BCUT2D eigenvalue weighted by Crippen LogP contribution is 2.22. The number of pyridine rings is 1. The van der Waals surface area contributed by atoms with Crippen molar-refractivity contribution >= 4 is 16.7 Å². The van der Waals surface area contributed by atoms with Crippen molar-refractivity contribution in [2.75, 3.05) is 18.4 Å². The van der Waals surface area contributed by atoms with Crippen LogP contribution in [-0.4, -0.2) is 24.1 Å². The summed E-state index contributed by atoms with van der Waals surface area (Å²) in [5.41, 5.74) is 1.56. The van der Waals surface area contributed by atoms with E-state index in [4.69, 9.17) is 0 Å². The SMILES string of the molecule is N#Cc1cc2ccccc2nc1NC1CCCNCC1. The van der Waals surface area contributed by atoms with Crippen molar-refractivity contribution < 1.29 is 0 Å². The lowest BCUT2D eigenvalue weighted by molar-refractivity contribution is 0.635. The van der Waals surface area contributed by atoms with Gasteiger partial charge in [0.1, 0.15) is 11.9 Å². The second kappa shape index (κ2) is 5.89. The Labute approximate surface area is 118 Å². The van der Waals surface area contributed by atoms with Crippen LogP contribution in [0.2, 0.25) is 0 Å². The highest BCUT2D eigenvalue weighted by atomic mass is 15.0. The van der Waals surface area contributed by atoms with Crippen molar-refractivity contribution in [1.29, 1.82) is 5.26 Å². The minimum atomic E-state index is 0.394. The molecule has 1 aliphatic rings. The number of hydrogen-bond donors (Lipinski definition) is 2. The molecule has 1 aromatic heterocycles. The summed E-state index contributed by atoms with van der Waals surface area (Å²) in [5.74, 6) is 0.720. The van der Waals surface area contributed by atoms with Crippen LogP contribution in [0.15, 0.2) is 30.3 Å². The molecular formula is C16H18N4. The molecule has 20 heavy (non-hydrogen) atoms. The van der Waals surface area contributed by atoms with Gasteiger partial charge in [-0.1, -0.05) is 18.2 Å². The summed E-state index contributed by atoms with van der Waals surface area (Å²) in [6.45, 7) is 2.10. The number of nitriles is 1. The first kappa shape index (κ1) is 12.9. The van der Waals surface area contributed by atoms with Crippen LogP contribution in [0.5, 0.6) is 0 Å². The molecule has 2 heterocycles. The number of para-hydroxylation sites is 1. The summed E-state index contributed by atoms with van der Waals surface area (Å²) in [7, 11) is 0. The number of benzene rings is 1. The molecule has 0 bridgehead atoms. The van der Waals surface area contributed by atoms with Crippen LogP contribution in [0.1, 0.15) is 24.8 Å². The van der Waals surface area contributed by atoms with Gasteiger partial charge in [-0.05, 0) is 44.5 Å². The molecule has 0 aliphatic carbocycles. The summed E-state index contributed by atoms with van der Waals surface area (Å²) in [6.07, 6.45) is 3.35. The Bertz CT molecular complexity index is 636. The van der Waals surface area contributed by atoms with Crippen molar-refractivity contribution in [2.24, 2.45) is 0 Å². The quantitative estimate of drug-likeness (QED) is 0.877. The second-order valence-electron chi connectivity index (χ2n) is 5.21. The molecule has 1 fully saturated rings. The zero-order valence-electron chi connectivity index (χ0n) is 11.4. The monoisotopic (exact) mass is 266 g/mol. The van der Waals surface area contributed by atoms with Crippen LogP contribution < -0.4 is 10.6 Å². The predicted octanol–water partition coefficient (Wildman–Crippen LogP) is 2.66. The van der Waals surface area contributed by atoms with Gasteiger partial charge in [0.25, 0.3) is 0 Å². The van der Waals surface area contributed by atoms with Crippen LogP contribution in [-0.2, 0) is 0 Å². The van der Waals surface area contributed by atoms with Gasteiger partial charge < -0.3 is 10.6 Å². The van der Waals surface area contributed by atoms with Gasteiger partial charge in [-0.15, -0.1) is 0 Å². The van der Waals surface area contributed by atoms with Crippen molar-refractivity contribution in [3.05, 3.63) is 35.9 Å². The standard InChI is InChI=1S/C16H18N4/c17-11-13-10-12-4-1-2-6-15(12)20-16(13)19-14-5-3-8-18-9-7-14/h1-2,4,6,10,14,18H,3,5,7-9H2,(H,19,20). The smallest absolute Gasteiger partial charge is 0.144 e. The minimum Gasteiger partial charge on any atom is -0.366 e. The van der Waals surface area contributed by atoms with Gasteiger partial charge in [-0.25, -0.2) is 4.98 Å². The number of aromatic nitrogens is 1. The molecule has 4 heteroatoms. The molecule has 4 nitrogen and oxygen atoms in total. The van der Waals surface area contributed by atoms with Crippen molar-refractivity contribution in [1.82, 2.24) is 10.3 Å². The molecule has 1 aromatic carbocycles. The highest BCUT2D eigenvalue weighted by molar-refractivity contribution is 5.82. The zero-order chi connectivity index (χ0) is 13.8. The van der Waals surface area contributed by atoms with Crippen LogP contribution in [0.3, 0.4) is 0 Å². The van der Waals surface area contributed by atoms with Crippen LogP contribution in [0.25, 0.3) is 10.9 Å². The molecule has 2 N–H and O–H groups in total. The number of nitrogens with zero attached hydrogens (tertiary/aromatic N) is 2. The largest absolute Gasteiger partial charge is 0.366 e. The first-order valence-corrected chi connectivity index (χ1v) is 7.14. The van der Waals surface area contributed by atoms with Gasteiger partial charge in [-0.3, -0.25) is 0 Å². The lowest BCUT2D eigenvalue weighted by atomic mass is 10.1. The number of anilines is 1. The Morgan fingerprint density at radius 2 is 2.15 bits per heavy atom. The third kappa shape index (κ3) is 2.73. The van der Waals surface area contributed by atoms with Gasteiger partial charge in [0.05, 0.1) is 11.1 Å². The second-order valence-corrected chi connectivity index (χ2v) is 5.21. The average molecular weight is 266 g/mol. The number of fused-ring (bicyclic) bond motifs is 1. The maximum atomic E-state index is 9.32. The van der Waals surface area contributed by atoms with E-state index in [2.05, 4.69) is 21.7 Å². The lowest BCUT2D eigenvalue weighted by Crippen LogP contribution is -2.22. The van der Waals surface area contributed by atoms with Crippen LogP contribution in [0, 0.1) is 11.3 Å². The van der Waals surface area contributed by atoms with Crippen LogP contribution >= 0.6 is 0 Å². The van der Waals surface area contributed by atoms with E-state index < -0.39 is 0 Å². The van der Waals surface area contributed by atoms with Gasteiger partial charge in [0.15, 0.2) is 0 Å². The lowest BCUT2D eigenvalue weighted by Gasteiger charge is -2.17. The number of hydrogen-bond acceptors (Lipinski definition) is 4. The maximum Gasteiger partial charge on any atom is 0.144 e. The normalized spacial score (nSPS) is 19.2. The molecule has 1 saturated heterocycles. The van der Waals surface area contributed by atoms with Gasteiger partial charge in [0.2, 0.25) is 0 Å². The van der Waals surface area contributed by atoms with E-state index in [-0.39, 0.29) is 0 Å². The summed E-state index contributed by atoms with van der Waals surface area (Å²) in [6, 6.07) is 12.5. The molecule has 0 amide bonds. The fourth-order valence-electron chi connectivity index (χ4n) is 2.67. The molecule has 0 spiro atoms. The van der Waals surface area contributed by atoms with E-state index in [9.17, 15) is 5.26 Å². The molecular weight excluding hydrogens is 248 g/mol. The summed E-state index contributed by atoms with van der Waals surface area (Å²) < 4.78 is 0. The van der Waals surface area contributed by atoms with Crippen molar-refractivity contribution in [3.63, 3.8) is 0 Å². The Kier molecular flexibility index (Phi) is 3.80. The molecule has 3 rings (SSSR count). The van der Waals surface area contributed by atoms with Gasteiger partial charge >= 0.3 is 0 Å². The molecule has 1 unspecified atom stereocenters. The summed E-state index contributed by atoms with van der Waals surface area (Å²) >= 11 is 0.